The summed E-state index contributed by atoms with van der Waals surface area (Å²) in [6, 6.07) is 18.3. The van der Waals surface area contributed by atoms with Crippen molar-refractivity contribution < 1.29 is 23.7 Å². The number of carbonyl (C=O) groups excluding carboxylic acids is 1. The Morgan fingerprint density at radius 1 is 1.00 bits per heavy atom. The molecule has 45 heavy (non-hydrogen) atoms. The Morgan fingerprint density at radius 3 is 2.49 bits per heavy atom. The van der Waals surface area contributed by atoms with Crippen molar-refractivity contribution in [1.82, 2.24) is 14.6 Å². The number of nitrogens with zero attached hydrogens (tertiary/aromatic N) is 4. The Hall–Kier alpha value is -4.21. The zero-order valence-electron chi connectivity index (χ0n) is 27.0. The molecule has 236 valence electrons. The van der Waals surface area contributed by atoms with Crippen LogP contribution in [0, 0.1) is 6.92 Å². The number of anilines is 1. The molecule has 6 bridgehead atoms. The molecule has 5 heterocycles. The number of hydrogen-bond acceptors (Lipinski definition) is 8. The maximum atomic E-state index is 13.3. The Labute approximate surface area is 264 Å². The van der Waals surface area contributed by atoms with Gasteiger partial charge in [0.15, 0.2) is 11.8 Å². The van der Waals surface area contributed by atoms with E-state index in [9.17, 15) is 4.79 Å². The Bertz CT molecular complexity index is 1730. The average Bonchev–Trinajstić information content (AvgIpc) is 3.44. The van der Waals surface area contributed by atoms with Gasteiger partial charge in [-0.1, -0.05) is 42.5 Å². The summed E-state index contributed by atoms with van der Waals surface area (Å²) in [5.41, 5.74) is 4.89. The number of carbonyl (C=O) groups is 1. The summed E-state index contributed by atoms with van der Waals surface area (Å²) in [6.07, 6.45) is 4.65. The molecule has 0 spiro atoms. The molecule has 9 heteroatoms. The molecular weight excluding hydrogens is 568 g/mol. The smallest absolute Gasteiger partial charge is 0.339 e. The van der Waals surface area contributed by atoms with E-state index in [1.807, 2.05) is 74.7 Å². The van der Waals surface area contributed by atoms with E-state index in [2.05, 4.69) is 36.1 Å². The van der Waals surface area contributed by atoms with Crippen LogP contribution in [0.15, 0.2) is 66.7 Å². The maximum Gasteiger partial charge on any atom is 0.339 e. The second-order valence-corrected chi connectivity index (χ2v) is 13.0. The summed E-state index contributed by atoms with van der Waals surface area (Å²) in [5, 5.41) is 5.13. The molecule has 0 radical (unpaired) electrons. The molecule has 3 aliphatic heterocycles. The highest BCUT2D eigenvalue weighted by atomic mass is 16.6. The number of benzene rings is 2. The zero-order chi connectivity index (χ0) is 31.8. The lowest BCUT2D eigenvalue weighted by atomic mass is 9.92. The van der Waals surface area contributed by atoms with Crippen LogP contribution in [0.3, 0.4) is 0 Å². The molecule has 1 atom stereocenters. The fourth-order valence-corrected chi connectivity index (χ4v) is 6.09. The first-order chi connectivity index (χ1) is 21.5. The molecule has 0 amide bonds. The summed E-state index contributed by atoms with van der Waals surface area (Å²) < 4.78 is 26.1. The van der Waals surface area contributed by atoms with Gasteiger partial charge in [0.05, 0.1) is 36.2 Å². The normalized spacial score (nSPS) is 18.0. The second-order valence-electron chi connectivity index (χ2n) is 13.0. The largest absolute Gasteiger partial charge is 0.489 e. The lowest BCUT2D eigenvalue weighted by Gasteiger charge is -2.41. The van der Waals surface area contributed by atoms with Crippen LogP contribution in [0.2, 0.25) is 0 Å². The predicted molar refractivity (Wildman–Crippen MR) is 175 cm³/mol. The number of fused-ring (bicyclic) bond motifs is 6. The standard InChI is InChI=1S/C36H42N4O5/c1-24-31(32(34(41)42-6)45-35(2,3)4)33-39-18-16-36(5,17-19-39)44-21-10-9-20-43-29-15-8-7-14-27(29)25-12-11-13-26(22-25)28-23-30(37-24)40(33)38-28/h7-15,22-23,32H,16-21H2,1-6H3/b10-9-/t32-/m0/s1. The van der Waals surface area contributed by atoms with Crippen molar-refractivity contribution in [1.29, 1.82) is 0 Å². The summed E-state index contributed by atoms with van der Waals surface area (Å²) in [4.78, 5) is 20.6. The molecule has 0 saturated carbocycles. The van der Waals surface area contributed by atoms with Gasteiger partial charge in [-0.2, -0.15) is 9.61 Å². The molecule has 0 unspecified atom stereocenters. The second kappa shape index (κ2) is 12.3. The fraction of sp³-hybridized carbons (Fsp3) is 0.417. The van der Waals surface area contributed by atoms with Crippen LogP contribution in [-0.4, -0.2) is 65.2 Å². The van der Waals surface area contributed by atoms with E-state index in [-0.39, 0.29) is 5.60 Å². The van der Waals surface area contributed by atoms with Gasteiger partial charge < -0.3 is 23.8 Å². The van der Waals surface area contributed by atoms with Gasteiger partial charge in [-0.15, -0.1) is 0 Å². The number of ether oxygens (including phenoxy) is 4. The van der Waals surface area contributed by atoms with Gasteiger partial charge >= 0.3 is 5.97 Å². The predicted octanol–water partition coefficient (Wildman–Crippen LogP) is 6.73. The van der Waals surface area contributed by atoms with Crippen LogP contribution in [0.25, 0.3) is 28.0 Å². The third-order valence-electron chi connectivity index (χ3n) is 8.46. The van der Waals surface area contributed by atoms with Gasteiger partial charge in [-0.05, 0) is 71.2 Å². The molecule has 3 aliphatic rings. The van der Waals surface area contributed by atoms with Crippen molar-refractivity contribution in [3.05, 3.63) is 78.0 Å². The molecule has 2 aromatic carbocycles. The monoisotopic (exact) mass is 610 g/mol. The Balaban J connectivity index is 1.56. The van der Waals surface area contributed by atoms with Crippen molar-refractivity contribution in [3.8, 4) is 28.1 Å². The molecule has 7 rings (SSSR count). The molecule has 1 saturated heterocycles. The van der Waals surface area contributed by atoms with Crippen LogP contribution in [-0.2, 0) is 19.0 Å². The third kappa shape index (κ3) is 6.46. The fourth-order valence-electron chi connectivity index (χ4n) is 6.09. The highest BCUT2D eigenvalue weighted by Gasteiger charge is 2.38. The molecule has 9 nitrogen and oxygen atoms in total. The lowest BCUT2D eigenvalue weighted by Crippen LogP contribution is -2.45. The summed E-state index contributed by atoms with van der Waals surface area (Å²) in [7, 11) is 1.39. The number of hydrogen-bond donors (Lipinski definition) is 0. The minimum absolute atomic E-state index is 0.295. The molecule has 0 aliphatic carbocycles. The van der Waals surface area contributed by atoms with Crippen LogP contribution < -0.4 is 9.64 Å². The summed E-state index contributed by atoms with van der Waals surface area (Å²) >= 11 is 0. The van der Waals surface area contributed by atoms with Gasteiger partial charge in [0, 0.05) is 36.0 Å². The molecule has 2 aromatic heterocycles. The number of esters is 1. The van der Waals surface area contributed by atoms with Gasteiger partial charge in [-0.25, -0.2) is 9.78 Å². The number of aromatic nitrogens is 3. The first kappa shape index (κ1) is 30.8. The molecule has 0 N–H and O–H groups in total. The topological polar surface area (TPSA) is 87.4 Å². The first-order valence-corrected chi connectivity index (χ1v) is 15.6. The number of para-hydroxylation sites is 1. The van der Waals surface area contributed by atoms with Crippen molar-refractivity contribution in [2.75, 3.05) is 38.3 Å². The van der Waals surface area contributed by atoms with E-state index >= 15 is 0 Å². The van der Waals surface area contributed by atoms with Gasteiger partial charge in [0.2, 0.25) is 0 Å². The quantitative estimate of drug-likeness (QED) is 0.187. The van der Waals surface area contributed by atoms with Crippen molar-refractivity contribution in [3.63, 3.8) is 0 Å². The van der Waals surface area contributed by atoms with Gasteiger partial charge in [-0.3, -0.25) is 0 Å². The van der Waals surface area contributed by atoms with Gasteiger partial charge in [0.1, 0.15) is 18.2 Å². The van der Waals surface area contributed by atoms with Gasteiger partial charge in [0.25, 0.3) is 0 Å². The highest BCUT2D eigenvalue weighted by Crippen LogP contribution is 2.39. The maximum absolute atomic E-state index is 13.3. The number of rotatable bonds is 3. The zero-order valence-corrected chi connectivity index (χ0v) is 27.0. The van der Waals surface area contributed by atoms with E-state index in [1.54, 1.807) is 0 Å². The summed E-state index contributed by atoms with van der Waals surface area (Å²) in [6.45, 7) is 12.2. The van der Waals surface area contributed by atoms with E-state index in [1.165, 1.54) is 7.11 Å². The van der Waals surface area contributed by atoms with E-state index in [0.717, 1.165) is 46.8 Å². The SMILES string of the molecule is COC(=O)[C@@H](OC(C)(C)C)c1c(C)nc2cc3nn2c1N1CCC(C)(CC1)OC/C=C\COc1ccccc1-c1cccc-3c1. The number of methoxy groups -OCH3 is 1. The molecule has 4 aromatic rings. The minimum Gasteiger partial charge on any atom is -0.489 e. The van der Waals surface area contributed by atoms with E-state index < -0.39 is 17.7 Å². The number of piperidine rings is 1. The molecular formula is C36H42N4O5. The Morgan fingerprint density at radius 2 is 1.73 bits per heavy atom. The third-order valence-corrected chi connectivity index (χ3v) is 8.46. The van der Waals surface area contributed by atoms with Crippen molar-refractivity contribution in [2.24, 2.45) is 0 Å². The van der Waals surface area contributed by atoms with Crippen molar-refractivity contribution in [2.45, 2.75) is 64.8 Å². The highest BCUT2D eigenvalue weighted by molar-refractivity contribution is 5.81. The minimum atomic E-state index is -0.981. The Kier molecular flexibility index (Phi) is 8.41. The van der Waals surface area contributed by atoms with Crippen LogP contribution in [0.1, 0.15) is 57.9 Å². The lowest BCUT2D eigenvalue weighted by molar-refractivity contribution is -0.164. The van der Waals surface area contributed by atoms with E-state index in [4.69, 9.17) is 29.0 Å². The van der Waals surface area contributed by atoms with Crippen LogP contribution in [0.5, 0.6) is 5.75 Å². The first-order valence-electron chi connectivity index (χ1n) is 15.6. The molecule has 1 fully saturated rings. The average molecular weight is 611 g/mol. The van der Waals surface area contributed by atoms with Crippen LogP contribution in [0.4, 0.5) is 5.82 Å². The number of aryl methyl sites for hydroxylation is 1. The van der Waals surface area contributed by atoms with E-state index in [0.29, 0.717) is 43.2 Å². The van der Waals surface area contributed by atoms with Crippen LogP contribution >= 0.6 is 0 Å². The summed E-state index contributed by atoms with van der Waals surface area (Å²) in [5.74, 6) is 1.13. The van der Waals surface area contributed by atoms with Crippen molar-refractivity contribution >= 4 is 17.4 Å².